The van der Waals surface area contributed by atoms with Gasteiger partial charge in [-0.2, -0.15) is 0 Å². The summed E-state index contributed by atoms with van der Waals surface area (Å²) < 4.78 is 9.59. The van der Waals surface area contributed by atoms with Gasteiger partial charge in [-0.3, -0.25) is 0 Å². The molecular formula is C7H18O2Si. The SMILES string of the molecule is COC.[SiH3]C1CCCCO1. The van der Waals surface area contributed by atoms with Crippen molar-refractivity contribution in [1.82, 2.24) is 0 Å². The van der Waals surface area contributed by atoms with Crippen molar-refractivity contribution in [3.8, 4) is 0 Å². The minimum Gasteiger partial charge on any atom is -0.388 e. The van der Waals surface area contributed by atoms with E-state index in [-0.39, 0.29) is 0 Å². The Bertz CT molecular complexity index is 62.6. The summed E-state index contributed by atoms with van der Waals surface area (Å²) in [5.74, 6) is 0. The van der Waals surface area contributed by atoms with Crippen LogP contribution in [0.5, 0.6) is 0 Å². The Kier molecular flexibility index (Phi) is 7.35. The van der Waals surface area contributed by atoms with E-state index in [1.807, 2.05) is 0 Å². The molecule has 0 bridgehead atoms. The maximum Gasteiger partial charge on any atom is 0.0465 e. The summed E-state index contributed by atoms with van der Waals surface area (Å²) in [6.07, 6.45) is 4.01. The monoisotopic (exact) mass is 162 g/mol. The van der Waals surface area contributed by atoms with Gasteiger partial charge in [0.2, 0.25) is 0 Å². The largest absolute Gasteiger partial charge is 0.388 e. The summed E-state index contributed by atoms with van der Waals surface area (Å²) in [5.41, 5.74) is 0.675. The van der Waals surface area contributed by atoms with Crippen LogP contribution in [0.25, 0.3) is 0 Å². The van der Waals surface area contributed by atoms with Gasteiger partial charge in [-0.1, -0.05) is 0 Å². The van der Waals surface area contributed by atoms with Crippen molar-refractivity contribution in [2.24, 2.45) is 0 Å². The first-order valence-corrected chi connectivity index (χ1v) is 4.98. The van der Waals surface area contributed by atoms with Crippen molar-refractivity contribution in [2.75, 3.05) is 20.8 Å². The Balaban J connectivity index is 0.000000236. The summed E-state index contributed by atoms with van der Waals surface area (Å²) >= 11 is 0. The van der Waals surface area contributed by atoms with Gasteiger partial charge in [-0.15, -0.1) is 0 Å². The molecule has 0 aromatic carbocycles. The fraction of sp³-hybridized carbons (Fsp3) is 1.00. The Morgan fingerprint density at radius 3 is 2.20 bits per heavy atom. The van der Waals surface area contributed by atoms with Crippen molar-refractivity contribution in [2.45, 2.75) is 25.0 Å². The van der Waals surface area contributed by atoms with Crippen LogP contribution in [0.4, 0.5) is 0 Å². The molecular weight excluding hydrogens is 144 g/mol. The predicted molar refractivity (Wildman–Crippen MR) is 46.5 cm³/mol. The maximum absolute atomic E-state index is 5.34. The minimum atomic E-state index is 0.675. The lowest BCUT2D eigenvalue weighted by Gasteiger charge is -2.17. The second kappa shape index (κ2) is 7.25. The Labute approximate surface area is 66.3 Å². The van der Waals surface area contributed by atoms with Gasteiger partial charge >= 0.3 is 0 Å². The number of methoxy groups -OCH3 is 1. The lowest BCUT2D eigenvalue weighted by molar-refractivity contribution is 0.0675. The normalized spacial score (nSPS) is 25.2. The average Bonchev–Trinajstić information content (AvgIpc) is 1.91. The highest BCUT2D eigenvalue weighted by Crippen LogP contribution is 2.08. The van der Waals surface area contributed by atoms with Crippen molar-refractivity contribution < 1.29 is 9.47 Å². The highest BCUT2D eigenvalue weighted by atomic mass is 28.1. The summed E-state index contributed by atoms with van der Waals surface area (Å²) in [6.45, 7) is 1.02. The molecule has 1 unspecified atom stereocenters. The first kappa shape index (κ1) is 10.1. The maximum atomic E-state index is 5.34. The van der Waals surface area contributed by atoms with E-state index in [1.165, 1.54) is 29.5 Å². The standard InChI is InChI=1S/C5H12OSi.C2H6O/c7-5-3-1-2-4-6-5;1-3-2/h5H,1-4H2,7H3;1-2H3. The van der Waals surface area contributed by atoms with E-state index in [9.17, 15) is 0 Å². The summed E-state index contributed by atoms with van der Waals surface area (Å²) in [7, 11) is 4.48. The van der Waals surface area contributed by atoms with Gasteiger partial charge in [0.05, 0.1) is 0 Å². The van der Waals surface area contributed by atoms with E-state index in [0.717, 1.165) is 6.61 Å². The van der Waals surface area contributed by atoms with Crippen LogP contribution in [0.3, 0.4) is 0 Å². The fourth-order valence-corrected chi connectivity index (χ4v) is 1.55. The van der Waals surface area contributed by atoms with E-state index in [0.29, 0.717) is 5.73 Å². The van der Waals surface area contributed by atoms with Gasteiger partial charge in [0.15, 0.2) is 0 Å². The molecule has 1 fully saturated rings. The van der Waals surface area contributed by atoms with Gasteiger partial charge in [-0.25, -0.2) is 0 Å². The molecule has 0 spiro atoms. The highest BCUT2D eigenvalue weighted by Gasteiger charge is 2.05. The first-order chi connectivity index (χ1) is 4.81. The van der Waals surface area contributed by atoms with Crippen molar-refractivity contribution in [3.05, 3.63) is 0 Å². The van der Waals surface area contributed by atoms with Crippen LogP contribution in [0.1, 0.15) is 19.3 Å². The van der Waals surface area contributed by atoms with Crippen molar-refractivity contribution in [1.29, 1.82) is 0 Å². The molecule has 1 saturated heterocycles. The smallest absolute Gasteiger partial charge is 0.0465 e. The minimum absolute atomic E-state index is 0.675. The lowest BCUT2D eigenvalue weighted by atomic mass is 10.2. The van der Waals surface area contributed by atoms with Gasteiger partial charge in [0.1, 0.15) is 0 Å². The molecule has 1 aliphatic heterocycles. The molecule has 2 nitrogen and oxygen atoms in total. The molecule has 1 aliphatic rings. The van der Waals surface area contributed by atoms with Crippen LogP contribution in [-0.4, -0.2) is 36.8 Å². The van der Waals surface area contributed by atoms with Crippen LogP contribution in [0, 0.1) is 0 Å². The number of hydrogen-bond acceptors (Lipinski definition) is 2. The first-order valence-electron chi connectivity index (χ1n) is 3.83. The summed E-state index contributed by atoms with van der Waals surface area (Å²) in [5, 5.41) is 0. The second-order valence-corrected chi connectivity index (χ2v) is 3.87. The van der Waals surface area contributed by atoms with E-state index in [4.69, 9.17) is 4.74 Å². The Morgan fingerprint density at radius 1 is 1.40 bits per heavy atom. The highest BCUT2D eigenvalue weighted by molar-refractivity contribution is 6.10. The van der Waals surface area contributed by atoms with E-state index >= 15 is 0 Å². The van der Waals surface area contributed by atoms with E-state index < -0.39 is 0 Å². The van der Waals surface area contributed by atoms with E-state index in [2.05, 4.69) is 4.74 Å². The number of rotatable bonds is 0. The Morgan fingerprint density at radius 2 is 2.00 bits per heavy atom. The van der Waals surface area contributed by atoms with Gasteiger partial charge in [-0.05, 0) is 19.3 Å². The van der Waals surface area contributed by atoms with Crippen LogP contribution < -0.4 is 0 Å². The number of ether oxygens (including phenoxy) is 2. The molecule has 0 saturated carbocycles. The zero-order chi connectivity index (χ0) is 7.82. The molecule has 1 heterocycles. The molecule has 1 atom stereocenters. The fourth-order valence-electron chi connectivity index (χ4n) is 0.902. The molecule has 0 N–H and O–H groups in total. The van der Waals surface area contributed by atoms with Crippen LogP contribution >= 0.6 is 0 Å². The van der Waals surface area contributed by atoms with Crippen LogP contribution in [0.2, 0.25) is 0 Å². The zero-order valence-corrected chi connectivity index (χ0v) is 9.22. The average molecular weight is 162 g/mol. The third-order valence-corrected chi connectivity index (χ3v) is 2.32. The summed E-state index contributed by atoms with van der Waals surface area (Å²) in [6, 6.07) is 0. The quantitative estimate of drug-likeness (QED) is 0.472. The molecule has 3 heteroatoms. The second-order valence-electron chi connectivity index (χ2n) is 2.59. The topological polar surface area (TPSA) is 18.5 Å². The Hall–Kier alpha value is 0.137. The third kappa shape index (κ3) is 6.26. The van der Waals surface area contributed by atoms with Crippen molar-refractivity contribution in [3.63, 3.8) is 0 Å². The summed E-state index contributed by atoms with van der Waals surface area (Å²) in [4.78, 5) is 0. The molecule has 0 aromatic heterocycles. The molecule has 62 valence electrons. The molecule has 0 radical (unpaired) electrons. The molecule has 0 aliphatic carbocycles. The van der Waals surface area contributed by atoms with Crippen LogP contribution in [0.15, 0.2) is 0 Å². The van der Waals surface area contributed by atoms with Gasteiger partial charge in [0.25, 0.3) is 0 Å². The molecule has 0 aromatic rings. The predicted octanol–water partition coefficient (Wildman–Crippen LogP) is 0.141. The third-order valence-electron chi connectivity index (χ3n) is 1.41. The molecule has 0 amide bonds. The van der Waals surface area contributed by atoms with E-state index in [1.54, 1.807) is 14.2 Å². The zero-order valence-electron chi connectivity index (χ0n) is 7.22. The van der Waals surface area contributed by atoms with Crippen molar-refractivity contribution >= 4 is 10.2 Å². The lowest BCUT2D eigenvalue weighted by Crippen LogP contribution is -2.18. The van der Waals surface area contributed by atoms with Gasteiger partial charge in [0, 0.05) is 36.8 Å². The molecule has 10 heavy (non-hydrogen) atoms. The van der Waals surface area contributed by atoms with Crippen LogP contribution in [-0.2, 0) is 9.47 Å². The number of hydrogen-bond donors (Lipinski definition) is 0. The molecule has 1 rings (SSSR count). The van der Waals surface area contributed by atoms with Gasteiger partial charge < -0.3 is 9.47 Å².